The number of hydrogen-bond donors (Lipinski definition) is 0. The molecule has 0 bridgehead atoms. The van der Waals surface area contributed by atoms with Gasteiger partial charge in [-0.1, -0.05) is 12.1 Å². The first-order chi connectivity index (χ1) is 11.7. The quantitative estimate of drug-likeness (QED) is 0.616. The molecule has 1 aromatic rings. The molecule has 1 aliphatic heterocycles. The van der Waals surface area contributed by atoms with Gasteiger partial charge < -0.3 is 14.4 Å². The molecule has 0 saturated carbocycles. The van der Waals surface area contributed by atoms with Crippen LogP contribution < -0.4 is 0 Å². The normalized spacial score (nSPS) is 14.9. The Morgan fingerprint density at radius 3 is 2.33 bits per heavy atom. The standard InChI is InChI=1S/C19H30N2O3/c1-23-14-5-12-21(13-15-24-2)19(22)18-8-6-17(7-9-18)16-20-10-3-4-11-20/h6-9H,3-5,10-16H2,1-2H3. The Morgan fingerprint density at radius 2 is 1.71 bits per heavy atom. The lowest BCUT2D eigenvalue weighted by Gasteiger charge is -2.22. The number of carbonyl (C=O) groups excluding carboxylic acids is 1. The van der Waals surface area contributed by atoms with Gasteiger partial charge in [-0.3, -0.25) is 9.69 Å². The van der Waals surface area contributed by atoms with Gasteiger partial charge in [-0.15, -0.1) is 0 Å². The van der Waals surface area contributed by atoms with Gasteiger partial charge in [0.1, 0.15) is 0 Å². The van der Waals surface area contributed by atoms with Crippen LogP contribution in [0.1, 0.15) is 35.2 Å². The van der Waals surface area contributed by atoms with Gasteiger partial charge >= 0.3 is 0 Å². The molecular formula is C19H30N2O3. The Hall–Kier alpha value is -1.43. The summed E-state index contributed by atoms with van der Waals surface area (Å²) in [5.74, 6) is 0.0656. The molecule has 0 spiro atoms. The lowest BCUT2D eigenvalue weighted by Crippen LogP contribution is -2.35. The highest BCUT2D eigenvalue weighted by molar-refractivity contribution is 5.94. The molecule has 1 fully saturated rings. The van der Waals surface area contributed by atoms with Crippen molar-refractivity contribution in [3.05, 3.63) is 35.4 Å². The van der Waals surface area contributed by atoms with Crippen LogP contribution in [-0.2, 0) is 16.0 Å². The van der Waals surface area contributed by atoms with Gasteiger partial charge in [0.15, 0.2) is 0 Å². The molecule has 1 saturated heterocycles. The van der Waals surface area contributed by atoms with E-state index in [0.29, 0.717) is 26.3 Å². The fourth-order valence-corrected chi connectivity index (χ4v) is 3.05. The maximum Gasteiger partial charge on any atom is 0.253 e. The van der Waals surface area contributed by atoms with Crippen LogP contribution in [0.5, 0.6) is 0 Å². The SMILES string of the molecule is COCCCN(CCOC)C(=O)c1ccc(CN2CCCC2)cc1. The Balaban J connectivity index is 1.93. The molecule has 1 aromatic carbocycles. The van der Waals surface area contributed by atoms with E-state index < -0.39 is 0 Å². The third kappa shape index (κ3) is 5.89. The van der Waals surface area contributed by atoms with E-state index in [9.17, 15) is 4.79 Å². The monoisotopic (exact) mass is 334 g/mol. The summed E-state index contributed by atoms with van der Waals surface area (Å²) in [6.45, 7) is 5.85. The number of hydrogen-bond acceptors (Lipinski definition) is 4. The minimum Gasteiger partial charge on any atom is -0.385 e. The number of carbonyl (C=O) groups is 1. The minimum absolute atomic E-state index is 0.0656. The molecule has 1 aliphatic rings. The number of rotatable bonds is 10. The van der Waals surface area contributed by atoms with Crippen LogP contribution in [0.3, 0.4) is 0 Å². The van der Waals surface area contributed by atoms with Gasteiger partial charge in [0.05, 0.1) is 6.61 Å². The minimum atomic E-state index is 0.0656. The molecule has 0 radical (unpaired) electrons. The third-order valence-electron chi connectivity index (χ3n) is 4.43. The van der Waals surface area contributed by atoms with Gasteiger partial charge in [0.25, 0.3) is 5.91 Å². The molecule has 2 rings (SSSR count). The highest BCUT2D eigenvalue weighted by Crippen LogP contribution is 2.14. The van der Waals surface area contributed by atoms with Crippen LogP contribution >= 0.6 is 0 Å². The number of benzene rings is 1. The molecule has 1 amide bonds. The molecule has 0 unspecified atom stereocenters. The van der Waals surface area contributed by atoms with Crippen molar-refractivity contribution in [2.75, 3.05) is 53.6 Å². The second-order valence-corrected chi connectivity index (χ2v) is 6.31. The van der Waals surface area contributed by atoms with Gasteiger partial charge in [-0.05, 0) is 50.0 Å². The summed E-state index contributed by atoms with van der Waals surface area (Å²) < 4.78 is 10.2. The average molecular weight is 334 g/mol. The van der Waals surface area contributed by atoms with E-state index in [-0.39, 0.29) is 5.91 Å². The van der Waals surface area contributed by atoms with E-state index in [4.69, 9.17) is 9.47 Å². The summed E-state index contributed by atoms with van der Waals surface area (Å²) in [4.78, 5) is 17.0. The van der Waals surface area contributed by atoms with Gasteiger partial charge in [0.2, 0.25) is 0 Å². The van der Waals surface area contributed by atoms with Gasteiger partial charge in [-0.2, -0.15) is 0 Å². The number of amides is 1. The van der Waals surface area contributed by atoms with E-state index >= 15 is 0 Å². The summed E-state index contributed by atoms with van der Waals surface area (Å²) in [7, 11) is 3.34. The number of likely N-dealkylation sites (tertiary alicyclic amines) is 1. The predicted molar refractivity (Wildman–Crippen MR) is 95.2 cm³/mol. The molecule has 0 N–H and O–H groups in total. The van der Waals surface area contributed by atoms with Crippen LogP contribution in [-0.4, -0.2) is 69.3 Å². The van der Waals surface area contributed by atoms with E-state index in [1.54, 1.807) is 14.2 Å². The summed E-state index contributed by atoms with van der Waals surface area (Å²) in [5.41, 5.74) is 2.02. The highest BCUT2D eigenvalue weighted by atomic mass is 16.5. The number of methoxy groups -OCH3 is 2. The van der Waals surface area contributed by atoms with Crippen molar-refractivity contribution >= 4 is 5.91 Å². The van der Waals surface area contributed by atoms with Crippen LogP contribution in [0.4, 0.5) is 0 Å². The summed E-state index contributed by atoms with van der Waals surface area (Å²) in [6, 6.07) is 8.05. The number of nitrogens with zero attached hydrogens (tertiary/aromatic N) is 2. The maximum absolute atomic E-state index is 12.7. The first-order valence-corrected chi connectivity index (χ1v) is 8.83. The number of ether oxygens (including phenoxy) is 2. The van der Waals surface area contributed by atoms with Crippen molar-refractivity contribution in [2.45, 2.75) is 25.8 Å². The molecule has 1 heterocycles. The van der Waals surface area contributed by atoms with Crippen LogP contribution in [0, 0.1) is 0 Å². The average Bonchev–Trinajstić information content (AvgIpc) is 3.11. The topological polar surface area (TPSA) is 42.0 Å². The Morgan fingerprint density at radius 1 is 1.04 bits per heavy atom. The first kappa shape index (κ1) is 18.9. The Labute approximate surface area is 145 Å². The summed E-state index contributed by atoms with van der Waals surface area (Å²) in [6.07, 6.45) is 3.43. The van der Waals surface area contributed by atoms with E-state index in [0.717, 1.165) is 18.5 Å². The highest BCUT2D eigenvalue weighted by Gasteiger charge is 2.16. The van der Waals surface area contributed by atoms with Crippen LogP contribution in [0.15, 0.2) is 24.3 Å². The Bertz CT molecular complexity index is 484. The lowest BCUT2D eigenvalue weighted by molar-refractivity contribution is 0.0674. The summed E-state index contributed by atoms with van der Waals surface area (Å²) in [5, 5.41) is 0. The molecule has 0 aromatic heterocycles. The fraction of sp³-hybridized carbons (Fsp3) is 0.632. The van der Waals surface area contributed by atoms with E-state index in [2.05, 4.69) is 17.0 Å². The van der Waals surface area contributed by atoms with E-state index in [1.165, 1.54) is 31.5 Å². The fourth-order valence-electron chi connectivity index (χ4n) is 3.05. The van der Waals surface area contributed by atoms with Crippen molar-refractivity contribution in [3.8, 4) is 0 Å². The Kier molecular flexibility index (Phi) is 8.22. The summed E-state index contributed by atoms with van der Waals surface area (Å²) >= 11 is 0. The largest absolute Gasteiger partial charge is 0.385 e. The first-order valence-electron chi connectivity index (χ1n) is 8.83. The zero-order valence-electron chi connectivity index (χ0n) is 15.0. The maximum atomic E-state index is 12.7. The van der Waals surface area contributed by atoms with Crippen molar-refractivity contribution in [1.29, 1.82) is 0 Å². The van der Waals surface area contributed by atoms with Crippen molar-refractivity contribution in [3.63, 3.8) is 0 Å². The van der Waals surface area contributed by atoms with Crippen LogP contribution in [0.25, 0.3) is 0 Å². The van der Waals surface area contributed by atoms with Crippen molar-refractivity contribution in [2.24, 2.45) is 0 Å². The predicted octanol–water partition coefficient (Wildman–Crippen LogP) is 2.41. The molecule has 5 heteroatoms. The molecule has 0 aliphatic carbocycles. The van der Waals surface area contributed by atoms with Crippen molar-refractivity contribution in [1.82, 2.24) is 9.80 Å². The smallest absolute Gasteiger partial charge is 0.253 e. The van der Waals surface area contributed by atoms with Gasteiger partial charge in [0, 0.05) is 46.0 Å². The lowest BCUT2D eigenvalue weighted by atomic mass is 10.1. The third-order valence-corrected chi connectivity index (χ3v) is 4.43. The second kappa shape index (κ2) is 10.4. The zero-order valence-corrected chi connectivity index (χ0v) is 15.0. The molecular weight excluding hydrogens is 304 g/mol. The van der Waals surface area contributed by atoms with E-state index in [1.807, 2.05) is 17.0 Å². The van der Waals surface area contributed by atoms with Crippen LogP contribution in [0.2, 0.25) is 0 Å². The van der Waals surface area contributed by atoms with Gasteiger partial charge in [-0.25, -0.2) is 0 Å². The molecule has 5 nitrogen and oxygen atoms in total. The molecule has 134 valence electrons. The van der Waals surface area contributed by atoms with Crippen molar-refractivity contribution < 1.29 is 14.3 Å². The molecule has 0 atom stereocenters. The molecule has 24 heavy (non-hydrogen) atoms. The zero-order chi connectivity index (χ0) is 17.2. The second-order valence-electron chi connectivity index (χ2n) is 6.31.